The smallest absolute Gasteiger partial charge is 0.326 e. The Balaban J connectivity index is 1.76. The summed E-state index contributed by atoms with van der Waals surface area (Å²) in [4.78, 5) is 73.8. The van der Waals surface area contributed by atoms with Gasteiger partial charge in [-0.1, -0.05) is 96.2 Å². The Labute approximate surface area is 363 Å². The van der Waals surface area contributed by atoms with Gasteiger partial charge in [-0.25, -0.2) is 4.79 Å². The molecule has 5 N–H and O–H groups in total. The van der Waals surface area contributed by atoms with E-state index in [1.165, 1.54) is 14.2 Å². The standard InChI is InChI=1S/C47H72N6O8/c1-12-31(6)42(52(9)46(57)40(29(2)3)50-45(56)41(30(4)5)51(8)26-24-33-20-22-35(48)23-21-33)38(60-10)28-39(54)53-25-16-19-37(53)43(61-11)32(7)44(55)49-36(47(58)59)27-34-17-14-13-15-18-34/h13-15,17-18,20-23,29-30,32,36-38,40-43H,6,12,16,19,24-28,48H2,1-5,7-11H3,(H,49,55)(H,50,56)(H,58,59)/t32-,36+,37+,38-,40+,41+,42+,43-/m1/s1. The van der Waals surface area contributed by atoms with Crippen LogP contribution in [-0.2, 0) is 46.3 Å². The van der Waals surface area contributed by atoms with Crippen LogP contribution in [0.5, 0.6) is 0 Å². The van der Waals surface area contributed by atoms with Gasteiger partial charge in [-0.3, -0.25) is 24.1 Å². The SMILES string of the molecule is C=C(CC)[C@@H]([C@@H](CC(=O)N1CCC[C@H]1[C@H](OC)[C@@H](C)C(=O)N[C@@H](Cc1ccccc1)C(=O)O)OC)N(C)C(=O)[C@@H](NC(=O)[C@H](C(C)C)N(C)CCc1ccc(N)cc1)C(C)C. The van der Waals surface area contributed by atoms with Crippen molar-refractivity contribution in [2.45, 2.75) is 122 Å². The highest BCUT2D eigenvalue weighted by atomic mass is 16.5. The highest BCUT2D eigenvalue weighted by Gasteiger charge is 2.43. The Morgan fingerprint density at radius 1 is 0.885 bits per heavy atom. The van der Waals surface area contributed by atoms with E-state index in [2.05, 4.69) is 17.2 Å². The molecule has 0 radical (unpaired) electrons. The molecule has 61 heavy (non-hydrogen) atoms. The molecule has 0 spiro atoms. The van der Waals surface area contributed by atoms with Gasteiger partial charge in [0.05, 0.1) is 42.7 Å². The fraction of sp³-hybridized carbons (Fsp3) is 0.596. The molecule has 0 saturated carbocycles. The van der Waals surface area contributed by atoms with E-state index in [1.54, 1.807) is 23.8 Å². The maximum atomic E-state index is 14.5. The Kier molecular flexibility index (Phi) is 19.9. The van der Waals surface area contributed by atoms with Gasteiger partial charge in [0.25, 0.3) is 0 Å². The number of nitrogen functional groups attached to an aromatic ring is 1. The van der Waals surface area contributed by atoms with Gasteiger partial charge in [0, 0.05) is 46.5 Å². The lowest BCUT2D eigenvalue weighted by Crippen LogP contribution is -2.59. The van der Waals surface area contributed by atoms with Gasteiger partial charge in [-0.2, -0.15) is 0 Å². The minimum absolute atomic E-state index is 0.0423. The molecule has 1 heterocycles. The molecular weight excluding hydrogens is 777 g/mol. The molecule has 0 bridgehead atoms. The van der Waals surface area contributed by atoms with Gasteiger partial charge in [0.2, 0.25) is 23.6 Å². The number of amides is 4. The summed E-state index contributed by atoms with van der Waals surface area (Å²) in [7, 11) is 6.56. The Hall–Kier alpha value is -4.79. The number of methoxy groups -OCH3 is 2. The molecule has 2 aromatic carbocycles. The van der Waals surface area contributed by atoms with Crippen LogP contribution < -0.4 is 16.4 Å². The fourth-order valence-corrected chi connectivity index (χ4v) is 8.50. The number of aliphatic carboxylic acids is 1. The van der Waals surface area contributed by atoms with Crippen LogP contribution in [0.25, 0.3) is 0 Å². The first-order valence-electron chi connectivity index (χ1n) is 21.6. The fourth-order valence-electron chi connectivity index (χ4n) is 8.50. The van der Waals surface area contributed by atoms with Gasteiger partial charge in [0.1, 0.15) is 12.1 Å². The van der Waals surface area contributed by atoms with E-state index in [0.717, 1.165) is 17.5 Å². The van der Waals surface area contributed by atoms with E-state index in [1.807, 2.05) is 101 Å². The molecule has 0 aliphatic carbocycles. The third-order valence-corrected chi connectivity index (χ3v) is 12.1. The number of hydrogen-bond acceptors (Lipinski definition) is 9. The van der Waals surface area contributed by atoms with Crippen LogP contribution in [0.4, 0.5) is 5.69 Å². The van der Waals surface area contributed by atoms with Crippen molar-refractivity contribution in [1.82, 2.24) is 25.3 Å². The maximum Gasteiger partial charge on any atom is 0.326 e. The second-order valence-electron chi connectivity index (χ2n) is 17.2. The van der Waals surface area contributed by atoms with E-state index in [-0.39, 0.29) is 42.4 Å². The van der Waals surface area contributed by atoms with E-state index in [9.17, 15) is 29.1 Å². The molecule has 4 amide bonds. The number of rotatable bonds is 24. The molecule has 8 atom stereocenters. The molecule has 1 aliphatic heterocycles. The normalized spacial score (nSPS) is 17.6. The minimum Gasteiger partial charge on any atom is -0.480 e. The number of nitrogens with one attached hydrogen (secondary N) is 2. The van der Waals surface area contributed by atoms with Crippen LogP contribution >= 0.6 is 0 Å². The number of nitrogens with two attached hydrogens (primary N) is 1. The van der Waals surface area contributed by atoms with E-state index < -0.39 is 60.2 Å². The number of ether oxygens (including phenoxy) is 2. The first-order valence-corrected chi connectivity index (χ1v) is 21.6. The molecule has 1 saturated heterocycles. The predicted molar refractivity (Wildman–Crippen MR) is 238 cm³/mol. The summed E-state index contributed by atoms with van der Waals surface area (Å²) in [5, 5.41) is 15.7. The van der Waals surface area contributed by atoms with E-state index in [4.69, 9.17) is 15.2 Å². The summed E-state index contributed by atoms with van der Waals surface area (Å²) >= 11 is 0. The van der Waals surface area contributed by atoms with Gasteiger partial charge in [0.15, 0.2) is 0 Å². The number of benzene rings is 2. The number of hydrogen-bond donors (Lipinski definition) is 4. The predicted octanol–water partition coefficient (Wildman–Crippen LogP) is 4.56. The van der Waals surface area contributed by atoms with Crippen LogP contribution in [0.3, 0.4) is 0 Å². The molecule has 3 rings (SSSR count). The van der Waals surface area contributed by atoms with Crippen molar-refractivity contribution in [2.75, 3.05) is 47.1 Å². The number of anilines is 1. The summed E-state index contributed by atoms with van der Waals surface area (Å²) in [6.07, 6.45) is 1.03. The van der Waals surface area contributed by atoms with Crippen molar-refractivity contribution in [3.8, 4) is 0 Å². The number of carbonyl (C=O) groups is 5. The van der Waals surface area contributed by atoms with Crippen molar-refractivity contribution in [1.29, 1.82) is 0 Å². The van der Waals surface area contributed by atoms with Crippen LogP contribution in [0.2, 0.25) is 0 Å². The molecule has 1 aliphatic rings. The second kappa shape index (κ2) is 24.0. The van der Waals surface area contributed by atoms with Crippen molar-refractivity contribution in [3.05, 3.63) is 77.9 Å². The summed E-state index contributed by atoms with van der Waals surface area (Å²) in [6.45, 7) is 16.7. The molecule has 14 heteroatoms. The first-order chi connectivity index (χ1) is 28.9. The summed E-state index contributed by atoms with van der Waals surface area (Å²) in [5.74, 6) is -3.52. The summed E-state index contributed by atoms with van der Waals surface area (Å²) in [5.41, 5.74) is 9.12. The molecule has 0 unspecified atom stereocenters. The topological polar surface area (TPSA) is 184 Å². The Bertz CT molecular complexity index is 1750. The zero-order valence-electron chi connectivity index (χ0n) is 38.1. The van der Waals surface area contributed by atoms with Gasteiger partial charge < -0.3 is 40.7 Å². The molecule has 2 aromatic rings. The molecule has 338 valence electrons. The number of carbonyl (C=O) groups excluding carboxylic acids is 4. The summed E-state index contributed by atoms with van der Waals surface area (Å²) < 4.78 is 11.9. The molecular formula is C47H72N6O8. The lowest BCUT2D eigenvalue weighted by atomic mass is 9.92. The van der Waals surface area contributed by atoms with Crippen LogP contribution in [0.15, 0.2) is 66.7 Å². The van der Waals surface area contributed by atoms with Crippen LogP contribution in [0.1, 0.15) is 78.4 Å². The lowest BCUT2D eigenvalue weighted by molar-refractivity contribution is -0.146. The number of carboxylic acid groups (broad SMARTS) is 1. The zero-order chi connectivity index (χ0) is 45.6. The van der Waals surface area contributed by atoms with Crippen molar-refractivity contribution in [2.24, 2.45) is 17.8 Å². The van der Waals surface area contributed by atoms with Crippen LogP contribution in [0, 0.1) is 17.8 Å². The first kappa shape index (κ1) is 50.6. The summed E-state index contributed by atoms with van der Waals surface area (Å²) in [6, 6.07) is 13.1. The maximum absolute atomic E-state index is 14.5. The number of likely N-dealkylation sites (tertiary alicyclic amines) is 1. The van der Waals surface area contributed by atoms with Gasteiger partial charge in [-0.15, -0.1) is 0 Å². The molecule has 14 nitrogen and oxygen atoms in total. The average Bonchev–Trinajstić information content (AvgIpc) is 3.71. The zero-order valence-corrected chi connectivity index (χ0v) is 38.1. The minimum atomic E-state index is -1.15. The molecule has 0 aromatic heterocycles. The largest absolute Gasteiger partial charge is 0.480 e. The molecule has 1 fully saturated rings. The third-order valence-electron chi connectivity index (χ3n) is 12.1. The number of carboxylic acids is 1. The average molecular weight is 849 g/mol. The monoisotopic (exact) mass is 849 g/mol. The lowest BCUT2D eigenvalue weighted by Gasteiger charge is -2.39. The Morgan fingerprint density at radius 3 is 2.07 bits per heavy atom. The van der Waals surface area contributed by atoms with Crippen molar-refractivity contribution < 1.29 is 38.6 Å². The van der Waals surface area contributed by atoms with Gasteiger partial charge >= 0.3 is 5.97 Å². The Morgan fingerprint density at radius 2 is 1.52 bits per heavy atom. The highest BCUT2D eigenvalue weighted by molar-refractivity contribution is 5.90. The number of nitrogens with zero attached hydrogens (tertiary/aromatic N) is 3. The van der Waals surface area contributed by atoms with E-state index >= 15 is 0 Å². The third kappa shape index (κ3) is 13.9. The highest BCUT2D eigenvalue weighted by Crippen LogP contribution is 2.29. The quantitative estimate of drug-likeness (QED) is 0.0864. The van der Waals surface area contributed by atoms with Crippen LogP contribution in [-0.4, -0.2) is 133 Å². The van der Waals surface area contributed by atoms with E-state index in [0.29, 0.717) is 43.6 Å². The second-order valence-corrected chi connectivity index (χ2v) is 17.2. The number of likely N-dealkylation sites (N-methyl/N-ethyl adjacent to an activating group) is 2. The van der Waals surface area contributed by atoms with Crippen molar-refractivity contribution >= 4 is 35.3 Å². The van der Waals surface area contributed by atoms with Gasteiger partial charge in [-0.05, 0) is 67.8 Å². The van der Waals surface area contributed by atoms with Crippen molar-refractivity contribution in [3.63, 3.8) is 0 Å².